The number of aromatic nitrogens is 3. The van der Waals surface area contributed by atoms with Gasteiger partial charge in [-0.3, -0.25) is 14.3 Å². The van der Waals surface area contributed by atoms with Crippen LogP contribution in [0.5, 0.6) is 5.75 Å². The van der Waals surface area contributed by atoms with E-state index in [9.17, 15) is 9.59 Å². The molecule has 2 aliphatic rings. The van der Waals surface area contributed by atoms with Crippen LogP contribution in [0.2, 0.25) is 0 Å². The Morgan fingerprint density at radius 1 is 1.26 bits per heavy atom. The summed E-state index contributed by atoms with van der Waals surface area (Å²) in [5.74, 6) is 0.313. The fraction of sp³-hybridized carbons (Fsp3) is 0.556. The number of carbonyl (C=O) groups is 2. The molecule has 1 spiro atoms. The molecule has 1 amide bonds. The van der Waals surface area contributed by atoms with E-state index in [1.54, 1.807) is 29.1 Å². The molecule has 0 saturated carbocycles. The number of Topliss-reactive ketones (excluding diaryl/α,β-unsaturated/α-hetero) is 1. The lowest BCUT2D eigenvalue weighted by atomic mass is 9.68. The number of amides is 1. The first-order valence-electron chi connectivity index (χ1n) is 13.1. The summed E-state index contributed by atoms with van der Waals surface area (Å²) in [7, 11) is 1.78. The molecule has 186 valence electrons. The largest absolute Gasteiger partial charge is 0.492 e. The van der Waals surface area contributed by atoms with Crippen molar-refractivity contribution >= 4 is 33.9 Å². The minimum atomic E-state index is -1.90. The van der Waals surface area contributed by atoms with Gasteiger partial charge in [0.05, 0.1) is 20.0 Å². The molecule has 8 heteroatoms. The van der Waals surface area contributed by atoms with Gasteiger partial charge in [-0.25, -0.2) is 4.98 Å². The summed E-state index contributed by atoms with van der Waals surface area (Å²) >= 11 is 1.66. The average Bonchev–Trinajstić information content (AvgIpc) is 3.34. The lowest BCUT2D eigenvalue weighted by Gasteiger charge is -2.43. The molecule has 0 unspecified atom stereocenters. The van der Waals surface area contributed by atoms with Crippen LogP contribution in [0, 0.1) is 12.3 Å². The number of ether oxygens (including phenoxy) is 1. The first-order valence-corrected chi connectivity index (χ1v) is 13.0. The Morgan fingerprint density at radius 2 is 1.97 bits per heavy atom. The van der Waals surface area contributed by atoms with E-state index in [2.05, 4.69) is 25.9 Å². The summed E-state index contributed by atoms with van der Waals surface area (Å²) in [4.78, 5) is 34.3. The summed E-state index contributed by atoms with van der Waals surface area (Å²) in [5.41, 5.74) is 2.31. The number of carbonyl (C=O) groups excluding carboxylic acids is 2. The van der Waals surface area contributed by atoms with Crippen molar-refractivity contribution in [2.45, 2.75) is 65.7 Å². The van der Waals surface area contributed by atoms with E-state index < -0.39 is 6.56 Å². The van der Waals surface area contributed by atoms with Crippen LogP contribution in [-0.2, 0) is 18.9 Å². The van der Waals surface area contributed by atoms with Crippen LogP contribution in [0.4, 0.5) is 0 Å². The van der Waals surface area contributed by atoms with Crippen molar-refractivity contribution < 1.29 is 17.1 Å². The van der Waals surface area contributed by atoms with Gasteiger partial charge in [0.1, 0.15) is 17.0 Å². The fourth-order valence-corrected chi connectivity index (χ4v) is 6.73. The molecule has 3 heterocycles. The third-order valence-electron chi connectivity index (χ3n) is 7.33. The number of hydrogen-bond donors (Lipinski definition) is 0. The highest BCUT2D eigenvalue weighted by molar-refractivity contribution is 7.12. The number of nitrogens with zero attached hydrogens (tertiary/aromatic N) is 4. The van der Waals surface area contributed by atoms with Crippen LogP contribution < -0.4 is 4.74 Å². The van der Waals surface area contributed by atoms with Gasteiger partial charge in [0.2, 0.25) is 0 Å². The zero-order chi connectivity index (χ0) is 26.9. The molecule has 0 radical (unpaired) electrons. The summed E-state index contributed by atoms with van der Waals surface area (Å²) < 4.78 is 23.1. The molecule has 2 aromatic heterocycles. The zero-order valence-corrected chi connectivity index (χ0v) is 22.1. The Kier molecular flexibility index (Phi) is 5.19. The second kappa shape index (κ2) is 8.43. The number of hydrogen-bond acceptors (Lipinski definition) is 6. The van der Waals surface area contributed by atoms with E-state index in [1.807, 2.05) is 17.9 Å². The molecule has 7 nitrogen and oxygen atoms in total. The van der Waals surface area contributed by atoms with Gasteiger partial charge in [-0.05, 0) is 50.7 Å². The maximum Gasteiger partial charge on any atom is 0.254 e. The Hall–Kier alpha value is -2.74. The van der Waals surface area contributed by atoms with Gasteiger partial charge in [0.15, 0.2) is 5.78 Å². The number of rotatable bonds is 3. The predicted molar refractivity (Wildman–Crippen MR) is 138 cm³/mol. The smallest absolute Gasteiger partial charge is 0.254 e. The summed E-state index contributed by atoms with van der Waals surface area (Å²) in [6.07, 6.45) is 2.86. The summed E-state index contributed by atoms with van der Waals surface area (Å²) in [6.45, 7) is 8.81. The molecule has 1 aliphatic carbocycles. The lowest BCUT2D eigenvalue weighted by molar-refractivity contribution is 0.0522. The van der Waals surface area contributed by atoms with E-state index in [0.717, 1.165) is 40.2 Å². The minimum Gasteiger partial charge on any atom is -0.492 e. The molecule has 1 fully saturated rings. The highest BCUT2D eigenvalue weighted by Gasteiger charge is 2.44. The average molecular weight is 497 g/mol. The predicted octanol–water partition coefficient (Wildman–Crippen LogP) is 5.09. The molecule has 0 atom stereocenters. The topological polar surface area (TPSA) is 77.3 Å². The number of thiazole rings is 1. The van der Waals surface area contributed by atoms with Crippen molar-refractivity contribution in [2.75, 3.05) is 19.6 Å². The molecular formula is C27H34N4O3S. The van der Waals surface area contributed by atoms with Gasteiger partial charge < -0.3 is 9.64 Å². The normalized spacial score (nSPS) is 19.0. The number of likely N-dealkylation sites (tertiary alicyclic amines) is 1. The molecule has 1 saturated heterocycles. The van der Waals surface area contributed by atoms with Crippen LogP contribution in [0.15, 0.2) is 12.1 Å². The van der Waals surface area contributed by atoms with Gasteiger partial charge in [-0.15, -0.1) is 11.3 Å². The van der Waals surface area contributed by atoms with E-state index in [1.165, 1.54) is 6.92 Å². The Labute approximate surface area is 213 Å². The number of fused-ring (bicyclic) bond motifs is 2. The standard InChI is InChI=1S/C27H34N4O3S/c1-7-34-20-13-17(12-18-16(2)29-30(6)23(18)20)24(33)31-10-8-27(9-11-31)14-19(32)22-21(15-27)35-25(28-22)26(3,4)5/h12-13H,7-11,14-15H2,1-6H3/i7D2. The maximum absolute atomic E-state index is 13.6. The van der Waals surface area contributed by atoms with Crippen molar-refractivity contribution in [3.05, 3.63) is 39.0 Å². The Morgan fingerprint density at radius 3 is 2.63 bits per heavy atom. The quantitative estimate of drug-likeness (QED) is 0.505. The van der Waals surface area contributed by atoms with Crippen molar-refractivity contribution in [3.8, 4) is 5.75 Å². The van der Waals surface area contributed by atoms with Crippen molar-refractivity contribution in [1.29, 1.82) is 0 Å². The fourth-order valence-electron chi connectivity index (χ4n) is 5.42. The van der Waals surface area contributed by atoms with Crippen molar-refractivity contribution in [3.63, 3.8) is 0 Å². The van der Waals surface area contributed by atoms with Gasteiger partial charge in [0.25, 0.3) is 5.91 Å². The summed E-state index contributed by atoms with van der Waals surface area (Å²) in [5, 5.41) is 6.22. The van der Waals surface area contributed by atoms with Crippen LogP contribution in [0.1, 0.15) is 86.1 Å². The van der Waals surface area contributed by atoms with E-state index >= 15 is 0 Å². The molecule has 0 N–H and O–H groups in total. The van der Waals surface area contributed by atoms with Gasteiger partial charge in [0, 0.05) is 47.8 Å². The molecule has 0 bridgehead atoms. The van der Waals surface area contributed by atoms with E-state index in [-0.39, 0.29) is 22.5 Å². The van der Waals surface area contributed by atoms with Crippen molar-refractivity contribution in [1.82, 2.24) is 19.7 Å². The van der Waals surface area contributed by atoms with E-state index in [4.69, 9.17) is 12.5 Å². The van der Waals surface area contributed by atoms with Gasteiger partial charge in [-0.2, -0.15) is 5.10 Å². The third kappa shape index (κ3) is 4.15. The third-order valence-corrected chi connectivity index (χ3v) is 8.81. The minimum absolute atomic E-state index is 0.0844. The molecule has 5 rings (SSSR count). The monoisotopic (exact) mass is 496 g/mol. The van der Waals surface area contributed by atoms with Gasteiger partial charge >= 0.3 is 0 Å². The second-order valence-electron chi connectivity index (χ2n) is 11.0. The molecule has 35 heavy (non-hydrogen) atoms. The van der Waals surface area contributed by atoms with Crippen molar-refractivity contribution in [2.24, 2.45) is 12.5 Å². The van der Waals surface area contributed by atoms with Crippen LogP contribution in [-0.4, -0.2) is 51.0 Å². The molecule has 1 aliphatic heterocycles. The number of ketones is 1. The number of benzene rings is 1. The van der Waals surface area contributed by atoms with Crippen LogP contribution >= 0.6 is 11.3 Å². The Balaban J connectivity index is 1.37. The van der Waals surface area contributed by atoms with E-state index in [0.29, 0.717) is 42.0 Å². The number of piperidine rings is 1. The van der Waals surface area contributed by atoms with Crippen LogP contribution in [0.3, 0.4) is 0 Å². The molecule has 3 aromatic rings. The highest BCUT2D eigenvalue weighted by atomic mass is 32.1. The zero-order valence-electron chi connectivity index (χ0n) is 23.3. The SMILES string of the molecule is [2H]C([2H])(C)Oc1cc(C(=O)N2CCC3(CC2)CC(=O)c2nc(C(C)(C)C)sc2C3)cc2c(C)nn(C)c12. The Bertz CT molecular complexity index is 1410. The molecular weight excluding hydrogens is 460 g/mol. The van der Waals surface area contributed by atoms with Crippen LogP contribution in [0.25, 0.3) is 10.9 Å². The summed E-state index contributed by atoms with van der Waals surface area (Å²) in [6, 6.07) is 3.45. The molecule has 1 aromatic carbocycles. The maximum atomic E-state index is 13.6. The first-order chi connectivity index (χ1) is 17.2. The lowest BCUT2D eigenvalue weighted by Crippen LogP contribution is -2.46. The first kappa shape index (κ1) is 21.5. The number of aryl methyl sites for hydroxylation is 2. The highest BCUT2D eigenvalue weighted by Crippen LogP contribution is 2.46. The second-order valence-corrected chi connectivity index (χ2v) is 12.1. The van der Waals surface area contributed by atoms with Gasteiger partial charge in [-0.1, -0.05) is 20.8 Å².